The molecule has 2 aromatic heterocycles. The minimum absolute atomic E-state index is 0.865. The molecule has 0 aliphatic carbocycles. The first-order chi connectivity index (χ1) is 9.81. The minimum atomic E-state index is 0.865. The van der Waals surface area contributed by atoms with E-state index in [-0.39, 0.29) is 0 Å². The van der Waals surface area contributed by atoms with E-state index in [0.29, 0.717) is 0 Å². The van der Waals surface area contributed by atoms with E-state index in [0.717, 1.165) is 50.1 Å². The molecule has 0 aromatic carbocycles. The lowest BCUT2D eigenvalue weighted by atomic mass is 10.3. The molecule has 108 valence electrons. The molecule has 0 radical (unpaired) electrons. The number of aryl methyl sites for hydroxylation is 1. The first kappa shape index (κ1) is 13.6. The number of nitrogens with one attached hydrogen (secondary N) is 1. The number of nitrogens with zero attached hydrogens (tertiary/aromatic N) is 4. The van der Waals surface area contributed by atoms with Gasteiger partial charge in [-0.05, 0) is 13.0 Å². The van der Waals surface area contributed by atoms with E-state index in [2.05, 4.69) is 39.8 Å². The monoisotopic (exact) mass is 291 g/mol. The number of hydrogen-bond acceptors (Lipinski definition) is 5. The average molecular weight is 291 g/mol. The van der Waals surface area contributed by atoms with Crippen molar-refractivity contribution in [1.29, 1.82) is 0 Å². The quantitative estimate of drug-likeness (QED) is 0.915. The summed E-state index contributed by atoms with van der Waals surface area (Å²) in [4.78, 5) is 13.0. The van der Waals surface area contributed by atoms with Crippen molar-refractivity contribution in [3.05, 3.63) is 28.8 Å². The highest BCUT2D eigenvalue weighted by atomic mass is 32.1. The first-order valence-electron chi connectivity index (χ1n) is 7.26. The van der Waals surface area contributed by atoms with Crippen LogP contribution in [0.1, 0.15) is 30.2 Å². The van der Waals surface area contributed by atoms with Crippen molar-refractivity contribution in [1.82, 2.24) is 19.9 Å². The normalized spacial score (nSPS) is 14.6. The molecule has 3 heterocycles. The van der Waals surface area contributed by atoms with E-state index in [9.17, 15) is 0 Å². The Morgan fingerprint density at radius 1 is 1.35 bits per heavy atom. The summed E-state index contributed by atoms with van der Waals surface area (Å²) in [5.74, 6) is 1.14. The second-order valence-electron chi connectivity index (χ2n) is 4.96. The Morgan fingerprint density at radius 3 is 3.05 bits per heavy atom. The number of thiazole rings is 1. The molecular formula is C14H21N5S. The second kappa shape index (κ2) is 5.93. The fourth-order valence-corrected chi connectivity index (χ4v) is 3.64. The minimum Gasteiger partial charge on any atom is -0.339 e. The maximum atomic E-state index is 4.83. The van der Waals surface area contributed by atoms with Gasteiger partial charge in [0.05, 0.1) is 12.2 Å². The van der Waals surface area contributed by atoms with Crippen molar-refractivity contribution in [3.8, 4) is 0 Å². The molecular weight excluding hydrogens is 270 g/mol. The van der Waals surface area contributed by atoms with Gasteiger partial charge in [0.15, 0.2) is 5.13 Å². The highest BCUT2D eigenvalue weighted by molar-refractivity contribution is 7.15. The van der Waals surface area contributed by atoms with Gasteiger partial charge in [0, 0.05) is 36.9 Å². The van der Waals surface area contributed by atoms with Crippen LogP contribution >= 0.6 is 11.3 Å². The van der Waals surface area contributed by atoms with E-state index in [4.69, 9.17) is 4.98 Å². The Labute approximate surface area is 123 Å². The predicted molar refractivity (Wildman–Crippen MR) is 82.1 cm³/mol. The Hall–Kier alpha value is -1.40. The van der Waals surface area contributed by atoms with Crippen LogP contribution in [0.4, 0.5) is 5.13 Å². The maximum absolute atomic E-state index is 4.83. The molecule has 5 nitrogen and oxygen atoms in total. The summed E-state index contributed by atoms with van der Waals surface area (Å²) in [6.45, 7) is 9.12. The molecule has 1 aliphatic heterocycles. The van der Waals surface area contributed by atoms with Gasteiger partial charge in [0.1, 0.15) is 5.82 Å². The zero-order valence-corrected chi connectivity index (χ0v) is 12.9. The Morgan fingerprint density at radius 2 is 2.25 bits per heavy atom. The Balaban J connectivity index is 1.79. The molecule has 0 saturated heterocycles. The lowest BCUT2D eigenvalue weighted by Gasteiger charge is -2.27. The van der Waals surface area contributed by atoms with Crippen molar-refractivity contribution < 1.29 is 0 Å². The number of rotatable bonds is 5. The van der Waals surface area contributed by atoms with Gasteiger partial charge in [-0.3, -0.25) is 0 Å². The lowest BCUT2D eigenvalue weighted by molar-refractivity contribution is 0.559. The largest absolute Gasteiger partial charge is 0.339 e. The van der Waals surface area contributed by atoms with Crippen LogP contribution in [0, 0.1) is 0 Å². The summed E-state index contributed by atoms with van der Waals surface area (Å²) in [5.41, 5.74) is 1.24. The standard InChI is InChI=1S/C14H21N5S/c1-3-11-12(9-15-4-2)20-14(17-11)19-8-7-18-6-5-16-13(18)10-19/h5-6,15H,3-4,7-10H2,1-2H3. The van der Waals surface area contributed by atoms with E-state index in [1.807, 2.05) is 17.5 Å². The Kier molecular flexibility index (Phi) is 4.03. The molecule has 0 fully saturated rings. The van der Waals surface area contributed by atoms with Crippen LogP contribution in [-0.2, 0) is 26.1 Å². The van der Waals surface area contributed by atoms with Crippen molar-refractivity contribution in [2.75, 3.05) is 18.0 Å². The lowest BCUT2D eigenvalue weighted by Crippen LogP contribution is -2.33. The third-order valence-corrected chi connectivity index (χ3v) is 4.81. The fourth-order valence-electron chi connectivity index (χ4n) is 2.49. The van der Waals surface area contributed by atoms with E-state index in [1.165, 1.54) is 10.6 Å². The third-order valence-electron chi connectivity index (χ3n) is 3.65. The molecule has 0 saturated carbocycles. The number of anilines is 1. The second-order valence-corrected chi connectivity index (χ2v) is 6.02. The van der Waals surface area contributed by atoms with Crippen molar-refractivity contribution in [2.45, 2.75) is 39.9 Å². The average Bonchev–Trinajstić information content (AvgIpc) is 3.10. The Bertz CT molecular complexity index is 574. The van der Waals surface area contributed by atoms with Gasteiger partial charge in [-0.2, -0.15) is 0 Å². The molecule has 1 aliphatic rings. The van der Waals surface area contributed by atoms with Gasteiger partial charge in [-0.1, -0.05) is 13.8 Å². The molecule has 0 amide bonds. The van der Waals surface area contributed by atoms with Crippen molar-refractivity contribution in [2.24, 2.45) is 0 Å². The number of fused-ring (bicyclic) bond motifs is 1. The molecule has 0 spiro atoms. The summed E-state index contributed by atoms with van der Waals surface area (Å²) in [7, 11) is 0. The highest BCUT2D eigenvalue weighted by Gasteiger charge is 2.20. The third kappa shape index (κ3) is 2.58. The zero-order valence-electron chi connectivity index (χ0n) is 12.1. The molecule has 0 bridgehead atoms. The molecule has 2 aromatic rings. The number of hydrogen-bond donors (Lipinski definition) is 1. The van der Waals surface area contributed by atoms with Crippen LogP contribution in [0.3, 0.4) is 0 Å². The van der Waals surface area contributed by atoms with Crippen molar-refractivity contribution >= 4 is 16.5 Å². The van der Waals surface area contributed by atoms with Crippen LogP contribution in [0.15, 0.2) is 12.4 Å². The smallest absolute Gasteiger partial charge is 0.186 e. The predicted octanol–water partition coefficient (Wildman–Crippen LogP) is 2.03. The van der Waals surface area contributed by atoms with Crippen LogP contribution < -0.4 is 10.2 Å². The van der Waals surface area contributed by atoms with Gasteiger partial charge in [0.25, 0.3) is 0 Å². The SMILES string of the molecule is CCNCc1sc(N2CCn3ccnc3C2)nc1CC. The summed E-state index contributed by atoms with van der Waals surface area (Å²) >= 11 is 1.82. The maximum Gasteiger partial charge on any atom is 0.186 e. The number of imidazole rings is 1. The van der Waals surface area contributed by atoms with Crippen LogP contribution in [-0.4, -0.2) is 27.6 Å². The highest BCUT2D eigenvalue weighted by Crippen LogP contribution is 2.29. The molecule has 0 atom stereocenters. The van der Waals surface area contributed by atoms with Crippen LogP contribution in [0.25, 0.3) is 0 Å². The molecule has 20 heavy (non-hydrogen) atoms. The van der Waals surface area contributed by atoms with Gasteiger partial charge in [0.2, 0.25) is 0 Å². The summed E-state index contributed by atoms with van der Waals surface area (Å²) < 4.78 is 2.23. The summed E-state index contributed by atoms with van der Waals surface area (Å²) in [6, 6.07) is 0. The van der Waals surface area contributed by atoms with E-state index < -0.39 is 0 Å². The van der Waals surface area contributed by atoms with E-state index in [1.54, 1.807) is 0 Å². The van der Waals surface area contributed by atoms with Crippen LogP contribution in [0.2, 0.25) is 0 Å². The molecule has 3 rings (SSSR count). The van der Waals surface area contributed by atoms with Crippen molar-refractivity contribution in [3.63, 3.8) is 0 Å². The van der Waals surface area contributed by atoms with Crippen LogP contribution in [0.5, 0.6) is 0 Å². The zero-order chi connectivity index (χ0) is 13.9. The van der Waals surface area contributed by atoms with Gasteiger partial charge in [-0.25, -0.2) is 9.97 Å². The van der Waals surface area contributed by atoms with Gasteiger partial charge < -0.3 is 14.8 Å². The fraction of sp³-hybridized carbons (Fsp3) is 0.571. The van der Waals surface area contributed by atoms with Gasteiger partial charge in [-0.15, -0.1) is 11.3 Å². The van der Waals surface area contributed by atoms with E-state index >= 15 is 0 Å². The number of aromatic nitrogens is 3. The summed E-state index contributed by atoms with van der Waals surface area (Å²) in [6.07, 6.45) is 4.94. The topological polar surface area (TPSA) is 46.0 Å². The first-order valence-corrected chi connectivity index (χ1v) is 8.07. The van der Waals surface area contributed by atoms with Gasteiger partial charge >= 0.3 is 0 Å². The molecule has 6 heteroatoms. The molecule has 1 N–H and O–H groups in total. The summed E-state index contributed by atoms with van der Waals surface area (Å²) in [5, 5.41) is 4.55. The molecule has 0 unspecified atom stereocenters.